The minimum Gasteiger partial charge on any atom is -0.453 e. The predicted octanol–water partition coefficient (Wildman–Crippen LogP) is -0.152. The van der Waals surface area contributed by atoms with Crippen LogP contribution >= 0.6 is 11.8 Å². The van der Waals surface area contributed by atoms with E-state index >= 15 is 0 Å². The van der Waals surface area contributed by atoms with Crippen LogP contribution in [0.4, 0.5) is 4.79 Å². The Bertz CT molecular complexity index is 504. The van der Waals surface area contributed by atoms with Gasteiger partial charge in [0, 0.05) is 6.54 Å². The van der Waals surface area contributed by atoms with Crippen LogP contribution in [0.15, 0.2) is 0 Å². The van der Waals surface area contributed by atoms with Crippen molar-refractivity contribution in [3.05, 3.63) is 0 Å². The summed E-state index contributed by atoms with van der Waals surface area (Å²) in [4.78, 5) is 38.2. The number of carbonyl (C=O) groups excluding carboxylic acids is 3. The highest BCUT2D eigenvalue weighted by atomic mass is 32.2. The van der Waals surface area contributed by atoms with E-state index in [9.17, 15) is 14.4 Å². The molecule has 9 heteroatoms. The number of rotatable bonds is 3. The van der Waals surface area contributed by atoms with Gasteiger partial charge in [-0.3, -0.25) is 25.1 Å². The molecule has 0 saturated carbocycles. The number of carbonyl (C=O) groups is 3. The number of hydrogen-bond acceptors (Lipinski definition) is 7. The van der Waals surface area contributed by atoms with Gasteiger partial charge in [0.1, 0.15) is 6.04 Å². The number of piperidine rings is 1. The molecule has 4 atom stereocenters. The number of ether oxygens (including phenoxy) is 1. The van der Waals surface area contributed by atoms with Crippen molar-refractivity contribution < 1.29 is 19.1 Å². The summed E-state index contributed by atoms with van der Waals surface area (Å²) in [5.74, 6) is -0.104. The third-order valence-electron chi connectivity index (χ3n) is 4.86. The summed E-state index contributed by atoms with van der Waals surface area (Å²) in [5.41, 5.74) is 0. The fourth-order valence-electron chi connectivity index (χ4n) is 3.56. The van der Waals surface area contributed by atoms with Gasteiger partial charge in [-0.25, -0.2) is 4.79 Å². The predicted molar refractivity (Wildman–Crippen MR) is 89.2 cm³/mol. The van der Waals surface area contributed by atoms with Gasteiger partial charge in [0.25, 0.3) is 0 Å². The SMILES string of the molecule is COC(=O)NC(=O)C1CCSC1NC(=O)C1CN2CCCCC2N1. The van der Waals surface area contributed by atoms with Crippen LogP contribution in [0.3, 0.4) is 0 Å². The van der Waals surface area contributed by atoms with Gasteiger partial charge < -0.3 is 10.1 Å². The van der Waals surface area contributed by atoms with Gasteiger partial charge in [0.2, 0.25) is 11.8 Å². The zero-order valence-electron chi connectivity index (χ0n) is 13.7. The first-order valence-electron chi connectivity index (χ1n) is 8.39. The summed E-state index contributed by atoms with van der Waals surface area (Å²) < 4.78 is 4.45. The Kier molecular flexibility index (Phi) is 5.62. The number of amides is 3. The molecular formula is C15H24N4O4S. The molecule has 3 N–H and O–H groups in total. The van der Waals surface area contributed by atoms with Gasteiger partial charge in [-0.15, -0.1) is 11.8 Å². The minimum atomic E-state index is -0.767. The summed E-state index contributed by atoms with van der Waals surface area (Å²) in [6.45, 7) is 1.75. The molecule has 24 heavy (non-hydrogen) atoms. The maximum atomic E-state index is 12.6. The van der Waals surface area contributed by atoms with E-state index in [-0.39, 0.29) is 17.3 Å². The molecule has 0 aromatic rings. The maximum Gasteiger partial charge on any atom is 0.413 e. The molecule has 4 unspecified atom stereocenters. The Hall–Kier alpha value is -1.32. The standard InChI is InChI=1S/C15H24N4O4S/c1-23-15(22)18-12(20)9-5-7-24-14(9)17-13(21)10-8-19-6-3-2-4-11(19)16-10/h9-11,14,16H,2-8H2,1H3,(H,17,21)(H,18,20,22). The second kappa shape index (κ2) is 7.71. The Morgan fingerprint density at radius 2 is 2.04 bits per heavy atom. The molecule has 134 valence electrons. The molecule has 3 amide bonds. The Morgan fingerprint density at radius 3 is 2.79 bits per heavy atom. The average molecular weight is 356 g/mol. The smallest absolute Gasteiger partial charge is 0.413 e. The zero-order chi connectivity index (χ0) is 17.1. The van der Waals surface area contributed by atoms with E-state index in [2.05, 4.69) is 25.6 Å². The van der Waals surface area contributed by atoms with Crippen LogP contribution in [0.5, 0.6) is 0 Å². The van der Waals surface area contributed by atoms with Crippen LogP contribution in [0.2, 0.25) is 0 Å². The van der Waals surface area contributed by atoms with Gasteiger partial charge >= 0.3 is 6.09 Å². The van der Waals surface area contributed by atoms with Crippen molar-refractivity contribution in [2.75, 3.05) is 26.0 Å². The third-order valence-corrected chi connectivity index (χ3v) is 6.14. The van der Waals surface area contributed by atoms with Gasteiger partial charge in [0.15, 0.2) is 0 Å². The van der Waals surface area contributed by atoms with Crippen molar-refractivity contribution in [3.63, 3.8) is 0 Å². The normalized spacial score (nSPS) is 32.9. The first-order chi connectivity index (χ1) is 11.6. The van der Waals surface area contributed by atoms with Crippen molar-refractivity contribution >= 4 is 29.7 Å². The molecule has 8 nitrogen and oxygen atoms in total. The molecule has 3 aliphatic heterocycles. The molecule has 3 fully saturated rings. The number of imide groups is 1. The van der Waals surface area contributed by atoms with Crippen molar-refractivity contribution in [1.29, 1.82) is 0 Å². The number of nitrogens with one attached hydrogen (secondary N) is 3. The number of nitrogens with zero attached hydrogens (tertiary/aromatic N) is 1. The van der Waals surface area contributed by atoms with Crippen LogP contribution in [-0.4, -0.2) is 66.3 Å². The molecule has 0 aromatic heterocycles. The first-order valence-corrected chi connectivity index (χ1v) is 9.44. The zero-order valence-corrected chi connectivity index (χ0v) is 14.6. The van der Waals surface area contributed by atoms with Crippen molar-refractivity contribution in [3.8, 4) is 0 Å². The van der Waals surface area contributed by atoms with Crippen molar-refractivity contribution in [2.24, 2.45) is 5.92 Å². The number of thioether (sulfide) groups is 1. The lowest BCUT2D eigenvalue weighted by Gasteiger charge is -2.28. The lowest BCUT2D eigenvalue weighted by Crippen LogP contribution is -2.50. The van der Waals surface area contributed by atoms with Crippen LogP contribution in [0.1, 0.15) is 25.7 Å². The van der Waals surface area contributed by atoms with E-state index in [0.717, 1.165) is 18.7 Å². The highest BCUT2D eigenvalue weighted by Gasteiger charge is 2.40. The fourth-order valence-corrected chi connectivity index (χ4v) is 4.90. The lowest BCUT2D eigenvalue weighted by molar-refractivity contribution is -0.125. The van der Waals surface area contributed by atoms with Gasteiger partial charge in [-0.2, -0.15) is 0 Å². The molecule has 0 spiro atoms. The summed E-state index contributed by atoms with van der Waals surface area (Å²) >= 11 is 1.54. The summed E-state index contributed by atoms with van der Waals surface area (Å²) in [6.07, 6.45) is 3.61. The van der Waals surface area contributed by atoms with E-state index in [0.29, 0.717) is 19.1 Å². The minimum absolute atomic E-state index is 0.0698. The highest BCUT2D eigenvalue weighted by molar-refractivity contribution is 8.00. The molecule has 3 rings (SSSR count). The van der Waals surface area contributed by atoms with Crippen molar-refractivity contribution in [1.82, 2.24) is 20.9 Å². The van der Waals surface area contributed by atoms with Crippen LogP contribution in [0, 0.1) is 5.92 Å². The number of methoxy groups -OCH3 is 1. The second-order valence-electron chi connectivity index (χ2n) is 6.40. The highest BCUT2D eigenvalue weighted by Crippen LogP contribution is 2.31. The van der Waals surface area contributed by atoms with E-state index in [4.69, 9.17) is 0 Å². The third kappa shape index (κ3) is 3.84. The number of hydrogen-bond donors (Lipinski definition) is 3. The topological polar surface area (TPSA) is 99.8 Å². The monoisotopic (exact) mass is 356 g/mol. The van der Waals surface area contributed by atoms with Crippen LogP contribution < -0.4 is 16.0 Å². The van der Waals surface area contributed by atoms with Gasteiger partial charge in [-0.05, 0) is 38.0 Å². The van der Waals surface area contributed by atoms with E-state index < -0.39 is 17.9 Å². The second-order valence-corrected chi connectivity index (χ2v) is 7.65. The molecule has 0 aromatic carbocycles. The summed E-state index contributed by atoms with van der Waals surface area (Å²) in [6, 6.07) is -0.237. The number of fused-ring (bicyclic) bond motifs is 1. The lowest BCUT2D eigenvalue weighted by atomic mass is 10.1. The fraction of sp³-hybridized carbons (Fsp3) is 0.800. The largest absolute Gasteiger partial charge is 0.453 e. The molecular weight excluding hydrogens is 332 g/mol. The van der Waals surface area contributed by atoms with E-state index in [1.807, 2.05) is 0 Å². The molecule has 3 aliphatic rings. The average Bonchev–Trinajstić information content (AvgIpc) is 3.20. The van der Waals surface area contributed by atoms with Crippen LogP contribution in [-0.2, 0) is 14.3 Å². The maximum absolute atomic E-state index is 12.6. The summed E-state index contributed by atoms with van der Waals surface area (Å²) in [7, 11) is 1.21. The van der Waals surface area contributed by atoms with E-state index in [1.165, 1.54) is 31.7 Å². The summed E-state index contributed by atoms with van der Waals surface area (Å²) in [5, 5.41) is 8.25. The quantitative estimate of drug-likeness (QED) is 0.646. The molecule has 0 aliphatic carbocycles. The van der Waals surface area contributed by atoms with Crippen molar-refractivity contribution in [2.45, 2.75) is 43.3 Å². The molecule has 0 radical (unpaired) electrons. The van der Waals surface area contributed by atoms with Gasteiger partial charge in [0.05, 0.1) is 24.6 Å². The first kappa shape index (κ1) is 17.5. The number of alkyl carbamates (subject to hydrolysis) is 1. The molecule has 3 heterocycles. The Labute approximate surface area is 145 Å². The van der Waals surface area contributed by atoms with Crippen LogP contribution in [0.25, 0.3) is 0 Å². The molecule has 3 saturated heterocycles. The molecule has 0 bridgehead atoms. The van der Waals surface area contributed by atoms with Gasteiger partial charge in [-0.1, -0.05) is 0 Å². The van der Waals surface area contributed by atoms with E-state index in [1.54, 1.807) is 0 Å². The Morgan fingerprint density at radius 1 is 1.21 bits per heavy atom. The Balaban J connectivity index is 1.53.